The number of aliphatic hydroxyl groups is 1. The lowest BCUT2D eigenvalue weighted by Gasteiger charge is -2.11. The van der Waals surface area contributed by atoms with Gasteiger partial charge in [0.15, 0.2) is 0 Å². The molecule has 0 heterocycles. The summed E-state index contributed by atoms with van der Waals surface area (Å²) in [4.78, 5) is 11.8. The Hall–Kier alpha value is -2.13. The zero-order chi connectivity index (χ0) is 14.9. The number of aliphatic hydroxyl groups excluding tert-OH is 1. The van der Waals surface area contributed by atoms with Gasteiger partial charge in [0.1, 0.15) is 0 Å². The van der Waals surface area contributed by atoms with Crippen LogP contribution in [0.4, 0.5) is 0 Å². The summed E-state index contributed by atoms with van der Waals surface area (Å²) < 4.78 is 0. The lowest BCUT2D eigenvalue weighted by Crippen LogP contribution is -2.27. The predicted octanol–water partition coefficient (Wildman–Crippen LogP) is 2.69. The summed E-state index contributed by atoms with van der Waals surface area (Å²) in [5.41, 5.74) is 2.24. The van der Waals surface area contributed by atoms with Crippen LogP contribution < -0.4 is 5.32 Å². The molecule has 0 saturated carbocycles. The van der Waals surface area contributed by atoms with Gasteiger partial charge >= 0.3 is 0 Å². The van der Waals surface area contributed by atoms with Crippen LogP contribution in [-0.4, -0.2) is 17.1 Å². The van der Waals surface area contributed by atoms with Gasteiger partial charge < -0.3 is 10.4 Å². The van der Waals surface area contributed by atoms with E-state index in [0.29, 0.717) is 13.0 Å². The van der Waals surface area contributed by atoms with Crippen molar-refractivity contribution < 1.29 is 9.90 Å². The molecule has 0 spiro atoms. The summed E-state index contributed by atoms with van der Waals surface area (Å²) in [6.07, 6.45) is 0.942. The normalized spacial score (nSPS) is 11.9. The minimum atomic E-state index is -0.596. The van der Waals surface area contributed by atoms with E-state index in [1.807, 2.05) is 60.7 Å². The number of carbonyl (C=O) groups is 1. The van der Waals surface area contributed by atoms with Gasteiger partial charge in [-0.2, -0.15) is 0 Å². The molecule has 110 valence electrons. The van der Waals surface area contributed by atoms with E-state index in [-0.39, 0.29) is 12.3 Å². The van der Waals surface area contributed by atoms with Crippen LogP contribution in [0.15, 0.2) is 60.7 Å². The van der Waals surface area contributed by atoms with Crippen molar-refractivity contribution in [1.82, 2.24) is 5.32 Å². The number of hydrogen-bond donors (Lipinski definition) is 2. The Morgan fingerprint density at radius 2 is 1.52 bits per heavy atom. The van der Waals surface area contributed by atoms with E-state index in [0.717, 1.165) is 12.0 Å². The van der Waals surface area contributed by atoms with Crippen LogP contribution in [0.5, 0.6) is 0 Å². The highest BCUT2D eigenvalue weighted by atomic mass is 16.3. The second-order valence-corrected chi connectivity index (χ2v) is 5.14. The second-order valence-electron chi connectivity index (χ2n) is 5.14. The number of carbonyl (C=O) groups excluding carboxylic acids is 1. The standard InChI is InChI=1S/C18H21NO2/c20-17(12-11-15-7-3-1-4-8-15)13-18(21)19-14-16-9-5-2-6-10-16/h1-10,17,20H,11-14H2,(H,19,21). The Bertz CT molecular complexity index is 540. The quantitative estimate of drug-likeness (QED) is 0.821. The number of amides is 1. The molecule has 21 heavy (non-hydrogen) atoms. The highest BCUT2D eigenvalue weighted by Crippen LogP contribution is 2.07. The Balaban J connectivity index is 1.67. The van der Waals surface area contributed by atoms with Crippen molar-refractivity contribution in [3.8, 4) is 0 Å². The van der Waals surface area contributed by atoms with Gasteiger partial charge in [-0.1, -0.05) is 60.7 Å². The lowest BCUT2D eigenvalue weighted by atomic mass is 10.0. The van der Waals surface area contributed by atoms with E-state index >= 15 is 0 Å². The molecule has 0 radical (unpaired) electrons. The number of aryl methyl sites for hydroxylation is 1. The maximum absolute atomic E-state index is 11.8. The molecule has 0 saturated heterocycles. The first-order valence-electron chi connectivity index (χ1n) is 7.26. The van der Waals surface area contributed by atoms with Crippen LogP contribution >= 0.6 is 0 Å². The van der Waals surface area contributed by atoms with Crippen molar-refractivity contribution in [2.24, 2.45) is 0 Å². The molecular formula is C18H21NO2. The van der Waals surface area contributed by atoms with E-state index < -0.39 is 6.10 Å². The third kappa shape index (κ3) is 5.79. The van der Waals surface area contributed by atoms with Gasteiger partial charge in [0.2, 0.25) is 5.91 Å². The van der Waals surface area contributed by atoms with Gasteiger partial charge in [-0.25, -0.2) is 0 Å². The number of rotatable bonds is 7. The van der Waals surface area contributed by atoms with Crippen LogP contribution in [0.2, 0.25) is 0 Å². The average Bonchev–Trinajstić information content (AvgIpc) is 2.53. The molecule has 0 aliphatic carbocycles. The maximum Gasteiger partial charge on any atom is 0.222 e. The fraction of sp³-hybridized carbons (Fsp3) is 0.278. The molecule has 3 nitrogen and oxygen atoms in total. The molecule has 1 amide bonds. The van der Waals surface area contributed by atoms with E-state index in [4.69, 9.17) is 0 Å². The van der Waals surface area contributed by atoms with Crippen molar-refractivity contribution in [1.29, 1.82) is 0 Å². The highest BCUT2D eigenvalue weighted by Gasteiger charge is 2.10. The SMILES string of the molecule is O=C(CC(O)CCc1ccccc1)NCc1ccccc1. The molecule has 0 fully saturated rings. The van der Waals surface area contributed by atoms with Crippen LogP contribution in [0.3, 0.4) is 0 Å². The van der Waals surface area contributed by atoms with Crippen molar-refractivity contribution >= 4 is 5.91 Å². The van der Waals surface area contributed by atoms with E-state index in [9.17, 15) is 9.90 Å². The Morgan fingerprint density at radius 1 is 0.952 bits per heavy atom. The fourth-order valence-electron chi connectivity index (χ4n) is 2.16. The van der Waals surface area contributed by atoms with Crippen LogP contribution in [-0.2, 0) is 17.8 Å². The van der Waals surface area contributed by atoms with Gasteiger partial charge in [-0.3, -0.25) is 4.79 Å². The molecule has 2 aromatic carbocycles. The smallest absolute Gasteiger partial charge is 0.222 e. The van der Waals surface area contributed by atoms with Gasteiger partial charge in [0.25, 0.3) is 0 Å². The molecule has 1 atom stereocenters. The molecule has 0 aliphatic rings. The third-order valence-corrected chi connectivity index (χ3v) is 3.36. The summed E-state index contributed by atoms with van der Waals surface area (Å²) >= 11 is 0. The topological polar surface area (TPSA) is 49.3 Å². The number of hydrogen-bond acceptors (Lipinski definition) is 2. The van der Waals surface area contributed by atoms with E-state index in [2.05, 4.69) is 5.32 Å². The monoisotopic (exact) mass is 283 g/mol. The predicted molar refractivity (Wildman–Crippen MR) is 83.7 cm³/mol. The Labute approximate surface area is 125 Å². The minimum absolute atomic E-state index is 0.112. The summed E-state index contributed by atoms with van der Waals surface area (Å²) in [5, 5.41) is 12.7. The van der Waals surface area contributed by atoms with Crippen LogP contribution in [0.25, 0.3) is 0 Å². The minimum Gasteiger partial charge on any atom is -0.393 e. The molecule has 2 N–H and O–H groups in total. The summed E-state index contributed by atoms with van der Waals surface area (Å²) in [5.74, 6) is -0.112. The summed E-state index contributed by atoms with van der Waals surface area (Å²) in [7, 11) is 0. The zero-order valence-corrected chi connectivity index (χ0v) is 12.0. The fourth-order valence-corrected chi connectivity index (χ4v) is 2.16. The second kappa shape index (κ2) is 8.22. The third-order valence-electron chi connectivity index (χ3n) is 3.36. The molecule has 0 aliphatic heterocycles. The maximum atomic E-state index is 11.8. The summed E-state index contributed by atoms with van der Waals surface area (Å²) in [6.45, 7) is 0.505. The first-order chi connectivity index (χ1) is 10.2. The zero-order valence-electron chi connectivity index (χ0n) is 12.0. The Morgan fingerprint density at radius 3 is 2.14 bits per heavy atom. The molecular weight excluding hydrogens is 262 g/mol. The van der Waals surface area contributed by atoms with Gasteiger partial charge in [0, 0.05) is 6.54 Å². The number of nitrogens with one attached hydrogen (secondary N) is 1. The summed E-state index contributed by atoms with van der Waals surface area (Å²) in [6, 6.07) is 19.7. The van der Waals surface area contributed by atoms with Crippen LogP contribution in [0.1, 0.15) is 24.0 Å². The van der Waals surface area contributed by atoms with Crippen molar-refractivity contribution in [3.63, 3.8) is 0 Å². The number of benzene rings is 2. The van der Waals surface area contributed by atoms with E-state index in [1.54, 1.807) is 0 Å². The highest BCUT2D eigenvalue weighted by molar-refractivity contribution is 5.76. The lowest BCUT2D eigenvalue weighted by molar-refractivity contribution is -0.123. The van der Waals surface area contributed by atoms with Gasteiger partial charge in [-0.05, 0) is 24.0 Å². The largest absolute Gasteiger partial charge is 0.393 e. The van der Waals surface area contributed by atoms with Crippen molar-refractivity contribution in [3.05, 3.63) is 71.8 Å². The van der Waals surface area contributed by atoms with Crippen LogP contribution in [0, 0.1) is 0 Å². The first kappa shape index (κ1) is 15.3. The first-order valence-corrected chi connectivity index (χ1v) is 7.26. The molecule has 1 unspecified atom stereocenters. The molecule has 0 aromatic heterocycles. The Kier molecular flexibility index (Phi) is 5.98. The van der Waals surface area contributed by atoms with Gasteiger partial charge in [0.05, 0.1) is 12.5 Å². The molecule has 2 aromatic rings. The van der Waals surface area contributed by atoms with E-state index in [1.165, 1.54) is 5.56 Å². The molecule has 3 heteroatoms. The average molecular weight is 283 g/mol. The van der Waals surface area contributed by atoms with Crippen molar-refractivity contribution in [2.75, 3.05) is 0 Å². The molecule has 0 bridgehead atoms. The van der Waals surface area contributed by atoms with Crippen molar-refractivity contribution in [2.45, 2.75) is 31.9 Å². The molecule has 2 rings (SSSR count). The van der Waals surface area contributed by atoms with Gasteiger partial charge in [-0.15, -0.1) is 0 Å².